The molecule has 1 heterocycles. The molecule has 1 aromatic carbocycles. The summed E-state index contributed by atoms with van der Waals surface area (Å²) in [4.78, 5) is 0. The van der Waals surface area contributed by atoms with Crippen molar-refractivity contribution in [1.82, 2.24) is 10.2 Å². The van der Waals surface area contributed by atoms with Gasteiger partial charge in [0.1, 0.15) is 5.51 Å². The molecule has 16 heavy (non-hydrogen) atoms. The first-order valence-corrected chi connectivity index (χ1v) is 6.14. The van der Waals surface area contributed by atoms with Crippen LogP contribution in [0.5, 0.6) is 0 Å². The monoisotopic (exact) mass is 233 g/mol. The molecule has 0 aliphatic rings. The van der Waals surface area contributed by atoms with Gasteiger partial charge < -0.3 is 5.32 Å². The highest BCUT2D eigenvalue weighted by atomic mass is 32.1. The fourth-order valence-corrected chi connectivity index (χ4v) is 2.34. The maximum absolute atomic E-state index is 3.99. The number of nitrogens with one attached hydrogen (secondary N) is 1. The molecule has 2 aromatic rings. The summed E-state index contributed by atoms with van der Waals surface area (Å²) >= 11 is 1.52. The van der Waals surface area contributed by atoms with Crippen LogP contribution in [0.15, 0.2) is 23.7 Å². The number of hydrogen-bond donors (Lipinski definition) is 1. The Kier molecular flexibility index (Phi) is 3.19. The summed E-state index contributed by atoms with van der Waals surface area (Å²) < 4.78 is 0. The third-order valence-electron chi connectivity index (χ3n) is 2.59. The minimum absolute atomic E-state index is 0.258. The molecule has 1 N–H and O–H groups in total. The van der Waals surface area contributed by atoms with Crippen LogP contribution >= 0.6 is 11.3 Å². The van der Waals surface area contributed by atoms with Crippen LogP contribution in [-0.4, -0.2) is 10.2 Å². The summed E-state index contributed by atoms with van der Waals surface area (Å²) in [5.41, 5.74) is 5.64. The summed E-state index contributed by atoms with van der Waals surface area (Å²) in [5.74, 6) is 0. The van der Waals surface area contributed by atoms with E-state index in [1.165, 1.54) is 28.0 Å². The van der Waals surface area contributed by atoms with Gasteiger partial charge in [0, 0.05) is 0 Å². The molecule has 0 saturated heterocycles. The van der Waals surface area contributed by atoms with Gasteiger partial charge in [0.15, 0.2) is 0 Å². The van der Waals surface area contributed by atoms with Crippen molar-refractivity contribution in [3.05, 3.63) is 40.4 Å². The van der Waals surface area contributed by atoms with Gasteiger partial charge in [-0.15, -0.1) is 10.2 Å². The molecule has 0 amide bonds. The molecule has 2 rings (SSSR count). The van der Waals surface area contributed by atoms with Crippen molar-refractivity contribution in [2.24, 2.45) is 0 Å². The smallest absolute Gasteiger partial charge is 0.205 e. The molecule has 4 heteroatoms. The molecule has 0 aliphatic carbocycles. The lowest BCUT2D eigenvalue weighted by Crippen LogP contribution is -2.08. The van der Waals surface area contributed by atoms with Crippen molar-refractivity contribution in [2.45, 2.75) is 26.8 Å². The average molecular weight is 233 g/mol. The van der Waals surface area contributed by atoms with Gasteiger partial charge in [0.05, 0.1) is 6.04 Å². The fraction of sp³-hybridized carbons (Fsp3) is 0.333. The number of hydrogen-bond acceptors (Lipinski definition) is 4. The highest BCUT2D eigenvalue weighted by Crippen LogP contribution is 2.23. The van der Waals surface area contributed by atoms with Crippen LogP contribution in [0.25, 0.3) is 0 Å². The summed E-state index contributed by atoms with van der Waals surface area (Å²) in [5, 5.41) is 12.0. The van der Waals surface area contributed by atoms with Gasteiger partial charge in [-0.1, -0.05) is 35.1 Å². The third kappa shape index (κ3) is 2.39. The Morgan fingerprint density at radius 3 is 2.75 bits per heavy atom. The van der Waals surface area contributed by atoms with Gasteiger partial charge in [-0.2, -0.15) is 0 Å². The first-order chi connectivity index (χ1) is 7.66. The van der Waals surface area contributed by atoms with Crippen LogP contribution < -0.4 is 5.32 Å². The van der Waals surface area contributed by atoms with Crippen LogP contribution in [0.3, 0.4) is 0 Å². The Labute approximate surface area is 99.5 Å². The predicted molar refractivity (Wildman–Crippen MR) is 67.9 cm³/mol. The largest absolute Gasteiger partial charge is 0.354 e. The van der Waals surface area contributed by atoms with E-state index in [0.717, 1.165) is 5.13 Å². The molecule has 3 nitrogen and oxygen atoms in total. The lowest BCUT2D eigenvalue weighted by Gasteiger charge is -2.15. The third-order valence-corrected chi connectivity index (χ3v) is 3.21. The maximum atomic E-state index is 3.99. The topological polar surface area (TPSA) is 37.8 Å². The van der Waals surface area contributed by atoms with Crippen molar-refractivity contribution < 1.29 is 0 Å². The molecule has 0 spiro atoms. The van der Waals surface area contributed by atoms with E-state index in [-0.39, 0.29) is 6.04 Å². The number of benzene rings is 1. The van der Waals surface area contributed by atoms with Crippen molar-refractivity contribution in [3.63, 3.8) is 0 Å². The Hall–Kier alpha value is -1.42. The van der Waals surface area contributed by atoms with Crippen LogP contribution in [0.4, 0.5) is 5.13 Å². The van der Waals surface area contributed by atoms with Crippen LogP contribution in [0.1, 0.15) is 29.7 Å². The van der Waals surface area contributed by atoms with Crippen molar-refractivity contribution in [2.75, 3.05) is 5.32 Å². The van der Waals surface area contributed by atoms with E-state index in [2.05, 4.69) is 54.5 Å². The van der Waals surface area contributed by atoms with E-state index in [1.54, 1.807) is 5.51 Å². The zero-order valence-electron chi connectivity index (χ0n) is 9.69. The number of anilines is 1. The predicted octanol–water partition coefficient (Wildman–Crippen LogP) is 3.33. The molecule has 1 aromatic heterocycles. The number of aryl methyl sites for hydroxylation is 2. The molecule has 0 aliphatic heterocycles. The summed E-state index contributed by atoms with van der Waals surface area (Å²) in [7, 11) is 0. The molecule has 1 unspecified atom stereocenters. The van der Waals surface area contributed by atoms with E-state index in [1.807, 2.05) is 0 Å². The van der Waals surface area contributed by atoms with Crippen molar-refractivity contribution in [1.29, 1.82) is 0 Å². The van der Waals surface area contributed by atoms with Crippen LogP contribution in [0, 0.1) is 13.8 Å². The second-order valence-corrected chi connectivity index (χ2v) is 4.80. The average Bonchev–Trinajstić information content (AvgIpc) is 2.70. The lowest BCUT2D eigenvalue weighted by atomic mass is 10.0. The minimum atomic E-state index is 0.258. The van der Waals surface area contributed by atoms with E-state index in [4.69, 9.17) is 0 Å². The van der Waals surface area contributed by atoms with Crippen LogP contribution in [0.2, 0.25) is 0 Å². The standard InChI is InChI=1S/C12H15N3S/c1-8-4-5-11(9(2)6-8)10(3)14-12-15-13-7-16-12/h4-7,10H,1-3H3,(H,14,15). The molecular weight excluding hydrogens is 218 g/mol. The van der Waals surface area contributed by atoms with E-state index < -0.39 is 0 Å². The van der Waals surface area contributed by atoms with Gasteiger partial charge in [0.2, 0.25) is 5.13 Å². The molecule has 1 atom stereocenters. The van der Waals surface area contributed by atoms with Gasteiger partial charge in [-0.25, -0.2) is 0 Å². The lowest BCUT2D eigenvalue weighted by molar-refractivity contribution is 0.863. The molecule has 0 saturated carbocycles. The first-order valence-electron chi connectivity index (χ1n) is 5.26. The second-order valence-electron chi connectivity index (χ2n) is 3.97. The second kappa shape index (κ2) is 4.61. The first kappa shape index (κ1) is 11.1. The highest BCUT2D eigenvalue weighted by molar-refractivity contribution is 7.13. The number of rotatable bonds is 3. The Morgan fingerprint density at radius 1 is 1.31 bits per heavy atom. The van der Waals surface area contributed by atoms with Gasteiger partial charge in [-0.05, 0) is 31.9 Å². The highest BCUT2D eigenvalue weighted by Gasteiger charge is 2.09. The van der Waals surface area contributed by atoms with Crippen molar-refractivity contribution in [3.8, 4) is 0 Å². The zero-order chi connectivity index (χ0) is 11.5. The Morgan fingerprint density at radius 2 is 2.12 bits per heavy atom. The van der Waals surface area contributed by atoms with E-state index in [9.17, 15) is 0 Å². The number of aromatic nitrogens is 2. The van der Waals surface area contributed by atoms with Gasteiger partial charge >= 0.3 is 0 Å². The Bertz CT molecular complexity index is 465. The summed E-state index contributed by atoms with van der Waals surface area (Å²) in [6.07, 6.45) is 0. The maximum Gasteiger partial charge on any atom is 0.205 e. The minimum Gasteiger partial charge on any atom is -0.354 e. The molecule has 0 radical (unpaired) electrons. The van der Waals surface area contributed by atoms with E-state index >= 15 is 0 Å². The SMILES string of the molecule is Cc1ccc(C(C)Nc2nncs2)c(C)c1. The fourth-order valence-electron chi connectivity index (χ4n) is 1.81. The zero-order valence-corrected chi connectivity index (χ0v) is 10.5. The van der Waals surface area contributed by atoms with Gasteiger partial charge in [-0.3, -0.25) is 0 Å². The molecular formula is C12H15N3S. The Balaban J connectivity index is 2.17. The molecule has 0 fully saturated rings. The summed E-state index contributed by atoms with van der Waals surface area (Å²) in [6, 6.07) is 6.77. The quantitative estimate of drug-likeness (QED) is 0.883. The van der Waals surface area contributed by atoms with Crippen LogP contribution in [-0.2, 0) is 0 Å². The van der Waals surface area contributed by atoms with Crippen molar-refractivity contribution >= 4 is 16.5 Å². The molecule has 0 bridgehead atoms. The normalized spacial score (nSPS) is 12.4. The van der Waals surface area contributed by atoms with E-state index in [0.29, 0.717) is 0 Å². The molecule has 84 valence electrons. The van der Waals surface area contributed by atoms with Gasteiger partial charge in [0.25, 0.3) is 0 Å². The summed E-state index contributed by atoms with van der Waals surface area (Å²) in [6.45, 7) is 6.39. The number of nitrogens with zero attached hydrogens (tertiary/aromatic N) is 2.